The van der Waals surface area contributed by atoms with Crippen molar-refractivity contribution in [2.45, 2.75) is 69.1 Å². The van der Waals surface area contributed by atoms with Crippen LogP contribution in [0.3, 0.4) is 0 Å². The number of nitrogens with one attached hydrogen (secondary N) is 1. The molecule has 3 aliphatic rings. The summed E-state index contributed by atoms with van der Waals surface area (Å²) in [7, 11) is -2.35. The zero-order valence-corrected chi connectivity index (χ0v) is 29.6. The van der Waals surface area contributed by atoms with Gasteiger partial charge in [-0.15, -0.1) is 0 Å². The molecule has 11 heteroatoms. The molecule has 0 aromatic heterocycles. The fraction of sp³-hybridized carbons (Fsp3) is 0.368. The molecule has 0 bridgehead atoms. The highest BCUT2D eigenvalue weighted by Crippen LogP contribution is 2.47. The number of benzene rings is 2. The Labute approximate surface area is 288 Å². The van der Waals surface area contributed by atoms with Crippen molar-refractivity contribution in [2.24, 2.45) is 0 Å². The van der Waals surface area contributed by atoms with Gasteiger partial charge in [0.05, 0.1) is 10.3 Å². The Morgan fingerprint density at radius 1 is 0.918 bits per heavy atom. The Balaban J connectivity index is 1.21. The van der Waals surface area contributed by atoms with Gasteiger partial charge in [0.1, 0.15) is 6.54 Å². The van der Waals surface area contributed by atoms with E-state index in [0.29, 0.717) is 6.42 Å². The third-order valence-corrected chi connectivity index (χ3v) is 10.5. The molecule has 258 valence electrons. The van der Waals surface area contributed by atoms with Crippen molar-refractivity contribution < 1.29 is 31.9 Å². The molecule has 5 rings (SSSR count). The van der Waals surface area contributed by atoms with Crippen molar-refractivity contribution >= 4 is 44.9 Å². The summed E-state index contributed by atoms with van der Waals surface area (Å²) >= 11 is 0. The molecule has 0 aliphatic carbocycles. The van der Waals surface area contributed by atoms with Crippen molar-refractivity contribution in [3.05, 3.63) is 102 Å². The second kappa shape index (κ2) is 14.1. The lowest BCUT2D eigenvalue weighted by molar-refractivity contribution is -0.438. The van der Waals surface area contributed by atoms with E-state index >= 15 is 0 Å². The minimum Gasteiger partial charge on any atom is -0.354 e. The molecule has 10 nitrogen and oxygen atoms in total. The quantitative estimate of drug-likeness (QED) is 0.0959. The summed E-state index contributed by atoms with van der Waals surface area (Å²) in [5.74, 6) is -0.784. The SMILES string of the molecule is CN1/C(=C/C=C/C=C/C2=[N+](CCCCCC(=O)NCCN3C(=O)C=CC3=O)c3ccccc3C2(C)C)C(C)(C)c2cc(S(=O)(=O)O)ccc21. The first-order valence-electron chi connectivity index (χ1n) is 16.6. The molecular weight excluding hydrogens is 641 g/mol. The molecule has 0 spiro atoms. The van der Waals surface area contributed by atoms with Crippen LogP contribution < -0.4 is 10.2 Å². The molecule has 49 heavy (non-hydrogen) atoms. The van der Waals surface area contributed by atoms with E-state index in [2.05, 4.69) is 54.1 Å². The van der Waals surface area contributed by atoms with E-state index < -0.39 is 15.5 Å². The van der Waals surface area contributed by atoms with Gasteiger partial charge in [-0.05, 0) is 56.5 Å². The van der Waals surface area contributed by atoms with Gasteiger partial charge in [0.25, 0.3) is 21.9 Å². The van der Waals surface area contributed by atoms with Gasteiger partial charge in [-0.3, -0.25) is 23.8 Å². The van der Waals surface area contributed by atoms with Crippen LogP contribution in [-0.4, -0.2) is 72.6 Å². The number of hydrogen-bond acceptors (Lipinski definition) is 6. The van der Waals surface area contributed by atoms with Crippen LogP contribution in [0.5, 0.6) is 0 Å². The number of allylic oxidation sites excluding steroid dienone is 6. The molecule has 0 saturated heterocycles. The average molecular weight is 686 g/mol. The summed E-state index contributed by atoms with van der Waals surface area (Å²) in [4.78, 5) is 38.7. The van der Waals surface area contributed by atoms with Gasteiger partial charge < -0.3 is 10.2 Å². The largest absolute Gasteiger partial charge is 0.354 e. The number of amides is 3. The summed E-state index contributed by atoms with van der Waals surface area (Å²) < 4.78 is 35.5. The number of likely N-dealkylation sites (N-methyl/N-ethyl adjacent to an activating group) is 1. The molecule has 2 aromatic rings. The van der Waals surface area contributed by atoms with Crippen LogP contribution in [0.4, 0.5) is 11.4 Å². The van der Waals surface area contributed by atoms with E-state index in [1.54, 1.807) is 12.1 Å². The van der Waals surface area contributed by atoms with Crippen molar-refractivity contribution in [3.63, 3.8) is 0 Å². The molecule has 3 aliphatic heterocycles. The number of carbonyl (C=O) groups excluding carboxylic acids is 3. The van der Waals surface area contributed by atoms with Gasteiger partial charge in [-0.1, -0.05) is 50.3 Å². The fourth-order valence-corrected chi connectivity index (χ4v) is 7.50. The first-order valence-corrected chi connectivity index (χ1v) is 18.0. The zero-order chi connectivity index (χ0) is 35.6. The average Bonchev–Trinajstić information content (AvgIpc) is 3.55. The summed E-state index contributed by atoms with van der Waals surface area (Å²) in [6.45, 7) is 9.76. The van der Waals surface area contributed by atoms with E-state index in [1.165, 1.54) is 35.2 Å². The van der Waals surface area contributed by atoms with Crippen LogP contribution in [0.2, 0.25) is 0 Å². The lowest BCUT2D eigenvalue weighted by Gasteiger charge is -2.23. The minimum atomic E-state index is -4.30. The summed E-state index contributed by atoms with van der Waals surface area (Å²) in [5, 5.41) is 2.80. The highest BCUT2D eigenvalue weighted by atomic mass is 32.2. The number of rotatable bonds is 13. The summed E-state index contributed by atoms with van der Waals surface area (Å²) in [5.41, 5.74) is 5.71. The zero-order valence-electron chi connectivity index (χ0n) is 28.8. The maximum atomic E-state index is 12.3. The maximum absolute atomic E-state index is 12.3. The first-order chi connectivity index (χ1) is 23.1. The summed E-state index contributed by atoms with van der Waals surface area (Å²) in [6.07, 6.45) is 15.6. The monoisotopic (exact) mass is 685 g/mol. The minimum absolute atomic E-state index is 0.0874. The van der Waals surface area contributed by atoms with E-state index in [4.69, 9.17) is 0 Å². The molecule has 3 amide bonds. The highest BCUT2D eigenvalue weighted by molar-refractivity contribution is 7.85. The van der Waals surface area contributed by atoms with E-state index in [9.17, 15) is 27.4 Å². The molecule has 0 fully saturated rings. The van der Waals surface area contributed by atoms with Crippen LogP contribution in [0, 0.1) is 0 Å². The van der Waals surface area contributed by atoms with Crippen molar-refractivity contribution in [1.82, 2.24) is 10.2 Å². The second-order valence-corrected chi connectivity index (χ2v) is 15.1. The number of anilines is 1. The van der Waals surface area contributed by atoms with Crippen LogP contribution in [-0.2, 0) is 35.3 Å². The van der Waals surface area contributed by atoms with Gasteiger partial charge in [-0.2, -0.15) is 13.0 Å². The van der Waals surface area contributed by atoms with Crippen molar-refractivity contribution in [3.8, 4) is 0 Å². The van der Waals surface area contributed by atoms with E-state index in [-0.39, 0.29) is 41.1 Å². The molecule has 0 unspecified atom stereocenters. The number of nitrogens with zero attached hydrogens (tertiary/aromatic N) is 3. The standard InChI is InChI=1S/C38H44N4O6S/c1-37(2)28-14-11-12-15-31(28)41(24-13-7-10-18-34(43)39-23-25-42-35(44)21-22-36(42)45)33(37)17-9-6-8-16-32-38(3,4)29-26-27(49(46,47)48)19-20-30(29)40(32)5/h6,8-9,11-12,14-17,19-22,26H,7,10,13,18,23-25H2,1-5H3,(H-,39,43,46,47,48)/p+1. The van der Waals surface area contributed by atoms with Gasteiger partial charge >= 0.3 is 0 Å². The number of carbonyl (C=O) groups is 3. The Morgan fingerprint density at radius 3 is 2.35 bits per heavy atom. The number of unbranched alkanes of at least 4 members (excludes halogenated alkanes) is 2. The molecule has 0 saturated carbocycles. The number of para-hydroxylation sites is 1. The Morgan fingerprint density at radius 2 is 1.63 bits per heavy atom. The molecule has 0 radical (unpaired) electrons. The molecule has 2 aromatic carbocycles. The van der Waals surface area contributed by atoms with Gasteiger partial charge in [0.2, 0.25) is 11.6 Å². The normalized spacial score (nSPS) is 18.9. The van der Waals surface area contributed by atoms with Crippen LogP contribution in [0.1, 0.15) is 64.5 Å². The lowest BCUT2D eigenvalue weighted by Crippen LogP contribution is -2.38. The van der Waals surface area contributed by atoms with Crippen LogP contribution in [0.25, 0.3) is 0 Å². The van der Waals surface area contributed by atoms with E-state index in [1.807, 2.05) is 50.1 Å². The molecule has 2 N–H and O–H groups in total. The molecule has 3 heterocycles. The lowest BCUT2D eigenvalue weighted by atomic mass is 9.81. The second-order valence-electron chi connectivity index (χ2n) is 13.6. The third-order valence-electron chi connectivity index (χ3n) is 9.68. The Hall–Kier alpha value is -4.61. The third kappa shape index (κ3) is 7.38. The summed E-state index contributed by atoms with van der Waals surface area (Å²) in [6, 6.07) is 13.2. The smallest absolute Gasteiger partial charge is 0.294 e. The van der Waals surface area contributed by atoms with Gasteiger partial charge in [0.15, 0.2) is 5.71 Å². The number of hydrogen-bond donors (Lipinski definition) is 2. The Bertz CT molecular complexity index is 1920. The van der Waals surface area contributed by atoms with E-state index in [0.717, 1.165) is 47.7 Å². The Kier molecular flexibility index (Phi) is 10.3. The predicted molar refractivity (Wildman–Crippen MR) is 191 cm³/mol. The topological polar surface area (TPSA) is 127 Å². The number of fused-ring (bicyclic) bond motifs is 2. The molecular formula is C38H45N4O6S+. The maximum Gasteiger partial charge on any atom is 0.294 e. The predicted octanol–water partition coefficient (Wildman–Crippen LogP) is 5.34. The molecule has 0 atom stereocenters. The fourth-order valence-electron chi connectivity index (χ4n) is 6.99. The van der Waals surface area contributed by atoms with Crippen LogP contribution in [0.15, 0.2) is 95.6 Å². The van der Waals surface area contributed by atoms with Gasteiger partial charge in [0, 0.05) is 79.6 Å². The van der Waals surface area contributed by atoms with Crippen LogP contribution >= 0.6 is 0 Å². The van der Waals surface area contributed by atoms with Crippen molar-refractivity contribution in [2.75, 3.05) is 31.6 Å². The first kappa shape index (κ1) is 35.7. The van der Waals surface area contributed by atoms with Gasteiger partial charge in [-0.25, -0.2) is 0 Å². The highest BCUT2D eigenvalue weighted by Gasteiger charge is 2.44. The number of imide groups is 1. The van der Waals surface area contributed by atoms with Crippen molar-refractivity contribution in [1.29, 1.82) is 0 Å².